The molecule has 0 saturated carbocycles. The van der Waals surface area contributed by atoms with Crippen molar-refractivity contribution >= 4 is 34.4 Å². The van der Waals surface area contributed by atoms with Crippen LogP contribution in [0.2, 0.25) is 0 Å². The third kappa shape index (κ3) is 7.44. The summed E-state index contributed by atoms with van der Waals surface area (Å²) >= 11 is 0. The van der Waals surface area contributed by atoms with Gasteiger partial charge >= 0.3 is 13.2 Å². The first-order chi connectivity index (χ1) is 17.4. The van der Waals surface area contributed by atoms with Crippen molar-refractivity contribution in [3.05, 3.63) is 12.4 Å². The molecule has 11 nitrogen and oxygen atoms in total. The fraction of sp³-hybridized carbons (Fsp3) is 0.760. The molecular formula is C25H41BN4O7S. The van der Waals surface area contributed by atoms with Gasteiger partial charge in [-0.25, -0.2) is 23.2 Å². The van der Waals surface area contributed by atoms with Crippen molar-refractivity contribution in [2.75, 3.05) is 18.8 Å². The molecule has 1 aromatic rings. The molecule has 2 fully saturated rings. The van der Waals surface area contributed by atoms with Crippen LogP contribution in [0.1, 0.15) is 74.7 Å². The molecule has 3 heterocycles. The first-order valence-corrected chi connectivity index (χ1v) is 14.7. The van der Waals surface area contributed by atoms with Crippen molar-refractivity contribution in [3.63, 3.8) is 0 Å². The van der Waals surface area contributed by atoms with Crippen LogP contribution >= 0.6 is 0 Å². The number of carbonyl (C=O) groups is 2. The van der Waals surface area contributed by atoms with Crippen molar-refractivity contribution in [1.29, 1.82) is 0 Å². The maximum absolute atomic E-state index is 12.9. The summed E-state index contributed by atoms with van der Waals surface area (Å²) < 4.78 is 42.9. The molecule has 0 aromatic carbocycles. The number of sulfone groups is 1. The van der Waals surface area contributed by atoms with Gasteiger partial charge in [0.25, 0.3) is 0 Å². The lowest BCUT2D eigenvalue weighted by Gasteiger charge is -2.33. The minimum absolute atomic E-state index is 0.0714. The first kappa shape index (κ1) is 30.3. The Morgan fingerprint density at radius 3 is 2.16 bits per heavy atom. The van der Waals surface area contributed by atoms with E-state index in [9.17, 15) is 18.0 Å². The number of hydrogen-bond acceptors (Lipinski definition) is 9. The Morgan fingerprint density at radius 2 is 1.66 bits per heavy atom. The summed E-state index contributed by atoms with van der Waals surface area (Å²) in [6, 6.07) is -0.709. The van der Waals surface area contributed by atoms with E-state index >= 15 is 0 Å². The van der Waals surface area contributed by atoms with Crippen LogP contribution in [0.5, 0.6) is 0 Å². The summed E-state index contributed by atoms with van der Waals surface area (Å²) in [5.74, 6) is -0.0951. The molecule has 1 N–H and O–H groups in total. The van der Waals surface area contributed by atoms with E-state index in [4.69, 9.17) is 14.0 Å². The van der Waals surface area contributed by atoms with E-state index in [1.165, 1.54) is 12.4 Å². The number of alkyl carbamates (subject to hydrolysis) is 1. The van der Waals surface area contributed by atoms with Gasteiger partial charge in [0, 0.05) is 30.9 Å². The second-order valence-corrected chi connectivity index (χ2v) is 14.1. The lowest BCUT2D eigenvalue weighted by Crippen LogP contribution is -2.50. The van der Waals surface area contributed by atoms with Crippen molar-refractivity contribution < 1.29 is 32.1 Å². The van der Waals surface area contributed by atoms with Crippen molar-refractivity contribution in [3.8, 4) is 0 Å². The van der Waals surface area contributed by atoms with Crippen molar-refractivity contribution in [2.45, 2.75) is 103 Å². The lowest BCUT2D eigenvalue weighted by molar-refractivity contribution is -0.134. The molecule has 0 aliphatic carbocycles. The van der Waals surface area contributed by atoms with E-state index in [0.717, 1.165) is 0 Å². The van der Waals surface area contributed by atoms with Gasteiger partial charge in [-0.05, 0) is 80.6 Å². The van der Waals surface area contributed by atoms with E-state index in [1.807, 2.05) is 27.7 Å². The van der Waals surface area contributed by atoms with Gasteiger partial charge in [-0.1, -0.05) is 0 Å². The third-order valence-electron chi connectivity index (χ3n) is 7.28. The number of rotatable bonds is 7. The van der Waals surface area contributed by atoms with Crippen LogP contribution in [-0.4, -0.2) is 84.1 Å². The predicted molar refractivity (Wildman–Crippen MR) is 143 cm³/mol. The van der Waals surface area contributed by atoms with E-state index < -0.39 is 45.9 Å². The zero-order chi connectivity index (χ0) is 28.5. The molecule has 2 saturated heterocycles. The van der Waals surface area contributed by atoms with Gasteiger partial charge in [0.2, 0.25) is 20.9 Å². The molecule has 2 aliphatic rings. The SMILES string of the molecule is C[C@@H](NC(=O)OC(C)(C)C)C(=O)N1CCC(CCS(=O)(=O)c2ncc(B3OC(C)(C)C(C)(C)O3)cn2)CC1. The average molecular weight is 553 g/mol. The second-order valence-electron chi connectivity index (χ2n) is 12.1. The van der Waals surface area contributed by atoms with Crippen LogP contribution in [-0.2, 0) is 28.7 Å². The van der Waals surface area contributed by atoms with Crippen LogP contribution in [0, 0.1) is 5.92 Å². The van der Waals surface area contributed by atoms with E-state index in [2.05, 4.69) is 15.3 Å². The third-order valence-corrected chi connectivity index (χ3v) is 8.82. The van der Waals surface area contributed by atoms with Gasteiger partial charge in [-0.2, -0.15) is 0 Å². The minimum atomic E-state index is -3.66. The summed E-state index contributed by atoms with van der Waals surface area (Å²) in [7, 11) is -4.32. The van der Waals surface area contributed by atoms with Gasteiger partial charge in [-0.15, -0.1) is 0 Å². The summed E-state index contributed by atoms with van der Waals surface area (Å²) in [6.45, 7) is 15.7. The lowest BCUT2D eigenvalue weighted by atomic mass is 9.81. The van der Waals surface area contributed by atoms with Gasteiger partial charge < -0.3 is 24.3 Å². The number of aromatic nitrogens is 2. The highest BCUT2D eigenvalue weighted by Crippen LogP contribution is 2.36. The average Bonchev–Trinajstić information content (AvgIpc) is 3.03. The Kier molecular flexibility index (Phi) is 8.84. The zero-order valence-electron chi connectivity index (χ0n) is 23.7. The molecule has 0 unspecified atom stereocenters. The predicted octanol–water partition coefficient (Wildman–Crippen LogP) is 2.09. The largest absolute Gasteiger partial charge is 0.498 e. The number of ether oxygens (including phenoxy) is 1. The molecular weight excluding hydrogens is 511 g/mol. The molecule has 38 heavy (non-hydrogen) atoms. The Labute approximate surface area is 226 Å². The molecule has 0 spiro atoms. The molecule has 1 atom stereocenters. The topological polar surface area (TPSA) is 137 Å². The fourth-order valence-electron chi connectivity index (χ4n) is 4.26. The molecule has 2 aliphatic heterocycles. The number of likely N-dealkylation sites (tertiary alicyclic amines) is 1. The highest BCUT2D eigenvalue weighted by molar-refractivity contribution is 7.91. The molecule has 13 heteroatoms. The minimum Gasteiger partial charge on any atom is -0.444 e. The van der Waals surface area contributed by atoms with Crippen LogP contribution in [0.15, 0.2) is 17.6 Å². The van der Waals surface area contributed by atoms with E-state index in [-0.39, 0.29) is 22.7 Å². The fourth-order valence-corrected chi connectivity index (χ4v) is 5.52. The Morgan fingerprint density at radius 1 is 1.13 bits per heavy atom. The highest BCUT2D eigenvalue weighted by atomic mass is 32.2. The number of hydrogen-bond donors (Lipinski definition) is 1. The summed E-state index contributed by atoms with van der Waals surface area (Å²) in [5.41, 5.74) is -1.12. The standard InChI is InChI=1S/C25H41BN4O7S/c1-17(29-22(32)35-23(2,3)4)20(31)30-12-9-18(10-13-30)11-14-38(33,34)21-27-15-19(16-28-21)26-36-24(5,6)25(7,8)37-26/h15-18H,9-14H2,1-8H3,(H,29,32)/t17-/m1/s1. The Balaban J connectivity index is 1.47. The number of carbonyl (C=O) groups excluding carboxylic acids is 2. The molecule has 0 bridgehead atoms. The van der Waals surface area contributed by atoms with Gasteiger partial charge in [-0.3, -0.25) is 4.79 Å². The zero-order valence-corrected chi connectivity index (χ0v) is 24.6. The summed E-state index contributed by atoms with van der Waals surface area (Å²) in [4.78, 5) is 34.6. The molecule has 2 amide bonds. The number of nitrogens with zero attached hydrogens (tertiary/aromatic N) is 3. The van der Waals surface area contributed by atoms with E-state index in [0.29, 0.717) is 37.8 Å². The van der Waals surface area contributed by atoms with Crippen LogP contribution in [0.25, 0.3) is 0 Å². The quantitative estimate of drug-likeness (QED) is 0.398. The van der Waals surface area contributed by atoms with Gasteiger partial charge in [0.05, 0.1) is 17.0 Å². The number of piperidine rings is 1. The maximum atomic E-state index is 12.9. The highest BCUT2D eigenvalue weighted by Gasteiger charge is 2.52. The molecule has 3 rings (SSSR count). The van der Waals surface area contributed by atoms with Crippen molar-refractivity contribution in [2.24, 2.45) is 5.92 Å². The van der Waals surface area contributed by atoms with Crippen molar-refractivity contribution in [1.82, 2.24) is 20.2 Å². The summed E-state index contributed by atoms with van der Waals surface area (Å²) in [5, 5.41) is 2.36. The monoisotopic (exact) mass is 552 g/mol. The van der Waals surface area contributed by atoms with Crippen LogP contribution in [0.4, 0.5) is 4.79 Å². The van der Waals surface area contributed by atoms with Gasteiger partial charge in [0.15, 0.2) is 0 Å². The molecule has 0 radical (unpaired) electrons. The number of amides is 2. The Hall–Kier alpha value is -2.25. The van der Waals surface area contributed by atoms with Gasteiger partial charge in [0.1, 0.15) is 11.6 Å². The Bertz CT molecular complexity index is 1100. The molecule has 1 aromatic heterocycles. The van der Waals surface area contributed by atoms with Crippen LogP contribution < -0.4 is 10.8 Å². The maximum Gasteiger partial charge on any atom is 0.498 e. The number of nitrogens with one attached hydrogen (secondary N) is 1. The van der Waals surface area contributed by atoms with Crippen LogP contribution in [0.3, 0.4) is 0 Å². The smallest absolute Gasteiger partial charge is 0.444 e. The van der Waals surface area contributed by atoms with E-state index in [1.54, 1.807) is 32.6 Å². The normalized spacial score (nSPS) is 20.7. The summed E-state index contributed by atoms with van der Waals surface area (Å²) in [6.07, 6.45) is 4.07. The molecule has 212 valence electrons. The first-order valence-electron chi connectivity index (χ1n) is 13.1. The second kappa shape index (κ2) is 11.1.